The normalized spacial score (nSPS) is 15.2. The van der Waals surface area contributed by atoms with Crippen LogP contribution in [0.1, 0.15) is 25.5 Å². The Bertz CT molecular complexity index is 1150. The zero-order valence-electron chi connectivity index (χ0n) is 17.9. The minimum Gasteiger partial charge on any atom is -0.497 e. The summed E-state index contributed by atoms with van der Waals surface area (Å²) < 4.78 is 17.9. The van der Waals surface area contributed by atoms with Gasteiger partial charge in [0.05, 0.1) is 32.0 Å². The molecule has 8 heteroatoms. The highest BCUT2D eigenvalue weighted by Crippen LogP contribution is 2.38. The van der Waals surface area contributed by atoms with Crippen molar-refractivity contribution >= 4 is 11.9 Å². The summed E-state index contributed by atoms with van der Waals surface area (Å²) in [5.74, 6) is 1.97. The second-order valence-corrected chi connectivity index (χ2v) is 6.97. The van der Waals surface area contributed by atoms with Crippen LogP contribution >= 0.6 is 0 Å². The zero-order valence-corrected chi connectivity index (χ0v) is 17.9. The number of allylic oxidation sites excluding steroid dienone is 1. The van der Waals surface area contributed by atoms with Crippen LogP contribution in [0.5, 0.6) is 11.5 Å². The van der Waals surface area contributed by atoms with E-state index in [4.69, 9.17) is 19.3 Å². The average molecular weight is 420 g/mol. The SMILES string of the molecule is CCOC(=O)C1=C(C)Nc2nc(-c3ccccc3OC)nn2C1c1cccc(OC)c1. The first-order valence-corrected chi connectivity index (χ1v) is 9.96. The Morgan fingerprint density at radius 1 is 1.13 bits per heavy atom. The largest absolute Gasteiger partial charge is 0.497 e. The van der Waals surface area contributed by atoms with Gasteiger partial charge in [0.25, 0.3) is 0 Å². The molecule has 1 atom stereocenters. The van der Waals surface area contributed by atoms with Gasteiger partial charge in [0.2, 0.25) is 5.95 Å². The van der Waals surface area contributed by atoms with E-state index in [1.165, 1.54) is 0 Å². The average Bonchev–Trinajstić information content (AvgIpc) is 3.21. The fourth-order valence-corrected chi connectivity index (χ4v) is 3.69. The van der Waals surface area contributed by atoms with Gasteiger partial charge < -0.3 is 19.5 Å². The number of fused-ring (bicyclic) bond motifs is 1. The van der Waals surface area contributed by atoms with Crippen molar-refractivity contribution in [1.82, 2.24) is 14.8 Å². The molecule has 160 valence electrons. The number of methoxy groups -OCH3 is 2. The lowest BCUT2D eigenvalue weighted by atomic mass is 9.95. The maximum atomic E-state index is 12.9. The molecular weight excluding hydrogens is 396 g/mol. The van der Waals surface area contributed by atoms with E-state index in [0.717, 1.165) is 11.1 Å². The molecule has 31 heavy (non-hydrogen) atoms. The van der Waals surface area contributed by atoms with Crippen LogP contribution in [0.3, 0.4) is 0 Å². The molecule has 0 aliphatic carbocycles. The van der Waals surface area contributed by atoms with Crippen molar-refractivity contribution in [3.8, 4) is 22.9 Å². The van der Waals surface area contributed by atoms with Gasteiger partial charge in [-0.05, 0) is 43.7 Å². The molecule has 0 bridgehead atoms. The van der Waals surface area contributed by atoms with Gasteiger partial charge in [-0.15, -0.1) is 5.10 Å². The third-order valence-corrected chi connectivity index (χ3v) is 5.11. The Labute approximate surface area is 180 Å². The molecule has 0 fully saturated rings. The number of carbonyl (C=O) groups excluding carboxylic acids is 1. The van der Waals surface area contributed by atoms with E-state index in [1.807, 2.05) is 55.5 Å². The predicted octanol–water partition coefficient (Wildman–Crippen LogP) is 3.81. The number of esters is 1. The maximum Gasteiger partial charge on any atom is 0.338 e. The van der Waals surface area contributed by atoms with Crippen molar-refractivity contribution in [3.05, 3.63) is 65.4 Å². The van der Waals surface area contributed by atoms with Gasteiger partial charge >= 0.3 is 5.97 Å². The highest BCUT2D eigenvalue weighted by atomic mass is 16.5. The molecule has 1 aliphatic rings. The summed E-state index contributed by atoms with van der Waals surface area (Å²) in [5, 5.41) is 7.95. The first-order valence-electron chi connectivity index (χ1n) is 9.96. The molecule has 2 aromatic carbocycles. The topological polar surface area (TPSA) is 87.5 Å². The van der Waals surface area contributed by atoms with Crippen molar-refractivity contribution in [3.63, 3.8) is 0 Å². The molecule has 1 aliphatic heterocycles. The number of nitrogens with zero attached hydrogens (tertiary/aromatic N) is 3. The quantitative estimate of drug-likeness (QED) is 0.607. The Hall–Kier alpha value is -3.81. The molecule has 0 saturated heterocycles. The molecule has 2 heterocycles. The van der Waals surface area contributed by atoms with E-state index in [-0.39, 0.29) is 6.61 Å². The molecule has 1 aromatic heterocycles. The fourth-order valence-electron chi connectivity index (χ4n) is 3.69. The molecule has 0 amide bonds. The first kappa shape index (κ1) is 20.5. The van der Waals surface area contributed by atoms with Crippen LogP contribution in [0, 0.1) is 0 Å². The Balaban J connectivity index is 1.89. The molecule has 0 saturated carbocycles. The van der Waals surface area contributed by atoms with Gasteiger partial charge in [-0.3, -0.25) is 0 Å². The van der Waals surface area contributed by atoms with Crippen molar-refractivity contribution in [2.45, 2.75) is 19.9 Å². The number of ether oxygens (including phenoxy) is 3. The summed E-state index contributed by atoms with van der Waals surface area (Å²) in [7, 11) is 3.21. The maximum absolute atomic E-state index is 12.9. The van der Waals surface area contributed by atoms with E-state index in [0.29, 0.717) is 34.5 Å². The monoisotopic (exact) mass is 420 g/mol. The van der Waals surface area contributed by atoms with E-state index < -0.39 is 12.0 Å². The number of hydrogen-bond donors (Lipinski definition) is 1. The minimum absolute atomic E-state index is 0.275. The highest BCUT2D eigenvalue weighted by molar-refractivity contribution is 5.92. The van der Waals surface area contributed by atoms with E-state index in [2.05, 4.69) is 10.3 Å². The van der Waals surface area contributed by atoms with Gasteiger partial charge in [-0.1, -0.05) is 24.3 Å². The summed E-state index contributed by atoms with van der Waals surface area (Å²) in [5.41, 5.74) is 2.73. The zero-order chi connectivity index (χ0) is 22.0. The van der Waals surface area contributed by atoms with Gasteiger partial charge in [0.15, 0.2) is 5.82 Å². The van der Waals surface area contributed by atoms with Crippen LogP contribution in [-0.2, 0) is 9.53 Å². The van der Waals surface area contributed by atoms with Crippen LogP contribution in [0.2, 0.25) is 0 Å². The second-order valence-electron chi connectivity index (χ2n) is 6.97. The minimum atomic E-state index is -0.527. The third kappa shape index (κ3) is 3.72. The van der Waals surface area contributed by atoms with Crippen molar-refractivity contribution in [2.75, 3.05) is 26.1 Å². The van der Waals surface area contributed by atoms with Gasteiger partial charge in [0, 0.05) is 5.70 Å². The number of carbonyl (C=O) groups is 1. The van der Waals surface area contributed by atoms with Crippen LogP contribution < -0.4 is 14.8 Å². The Morgan fingerprint density at radius 3 is 2.68 bits per heavy atom. The summed E-state index contributed by atoms with van der Waals surface area (Å²) in [6.07, 6.45) is 0. The number of para-hydroxylation sites is 1. The van der Waals surface area contributed by atoms with E-state index >= 15 is 0 Å². The fraction of sp³-hybridized carbons (Fsp3) is 0.261. The van der Waals surface area contributed by atoms with Crippen molar-refractivity contribution in [1.29, 1.82) is 0 Å². The first-order chi connectivity index (χ1) is 15.1. The molecule has 1 unspecified atom stereocenters. The number of aromatic nitrogens is 3. The van der Waals surface area contributed by atoms with Gasteiger partial charge in [-0.25, -0.2) is 9.48 Å². The number of rotatable bonds is 6. The van der Waals surface area contributed by atoms with Crippen molar-refractivity contribution in [2.24, 2.45) is 0 Å². The third-order valence-electron chi connectivity index (χ3n) is 5.11. The number of nitrogens with one attached hydrogen (secondary N) is 1. The summed E-state index contributed by atoms with van der Waals surface area (Å²) in [4.78, 5) is 17.6. The van der Waals surface area contributed by atoms with Gasteiger partial charge in [0.1, 0.15) is 17.5 Å². The lowest BCUT2D eigenvalue weighted by molar-refractivity contribution is -0.139. The molecular formula is C23H24N4O4. The lowest BCUT2D eigenvalue weighted by Gasteiger charge is -2.28. The molecule has 1 N–H and O–H groups in total. The lowest BCUT2D eigenvalue weighted by Crippen LogP contribution is -2.29. The molecule has 0 spiro atoms. The second kappa shape index (κ2) is 8.51. The van der Waals surface area contributed by atoms with Crippen molar-refractivity contribution < 1.29 is 19.0 Å². The molecule has 0 radical (unpaired) electrons. The Morgan fingerprint density at radius 2 is 1.94 bits per heavy atom. The number of anilines is 1. The van der Waals surface area contributed by atoms with Gasteiger partial charge in [-0.2, -0.15) is 4.98 Å². The van der Waals surface area contributed by atoms with Crippen LogP contribution in [0.25, 0.3) is 11.4 Å². The summed E-state index contributed by atoms with van der Waals surface area (Å²) in [6.45, 7) is 3.89. The highest BCUT2D eigenvalue weighted by Gasteiger charge is 2.35. The molecule has 8 nitrogen and oxygen atoms in total. The van der Waals surface area contributed by atoms with Crippen LogP contribution in [-0.4, -0.2) is 41.6 Å². The number of hydrogen-bond acceptors (Lipinski definition) is 7. The standard InChI is InChI=1S/C23H24N4O4/c1-5-31-22(28)19-14(2)24-23-25-21(17-11-6-7-12-18(17)30-4)26-27(23)20(19)15-9-8-10-16(13-15)29-3/h6-13,20H,5H2,1-4H3,(H,24,25,26). The summed E-state index contributed by atoms with van der Waals surface area (Å²) >= 11 is 0. The molecule has 3 aromatic rings. The predicted molar refractivity (Wildman–Crippen MR) is 116 cm³/mol. The number of benzene rings is 2. The van der Waals surface area contributed by atoms with Crippen LogP contribution in [0.15, 0.2) is 59.8 Å². The van der Waals surface area contributed by atoms with E-state index in [1.54, 1.807) is 25.8 Å². The summed E-state index contributed by atoms with van der Waals surface area (Å²) in [6, 6.07) is 14.6. The van der Waals surface area contributed by atoms with E-state index in [9.17, 15) is 4.79 Å². The Kier molecular flexibility index (Phi) is 5.62. The smallest absolute Gasteiger partial charge is 0.338 e. The molecule has 4 rings (SSSR count). The van der Waals surface area contributed by atoms with Crippen LogP contribution in [0.4, 0.5) is 5.95 Å².